The highest BCUT2D eigenvalue weighted by atomic mass is 16.5. The zero-order valence-corrected chi connectivity index (χ0v) is 11.8. The van der Waals surface area contributed by atoms with Crippen molar-refractivity contribution in [2.45, 2.75) is 25.8 Å². The number of nitrogens with two attached hydrogens (primary N) is 1. The Morgan fingerprint density at radius 1 is 1.33 bits per heavy atom. The van der Waals surface area contributed by atoms with Crippen LogP contribution in [0.5, 0.6) is 5.75 Å². The third kappa shape index (κ3) is 5.48. The standard InChI is InChI=1S/C15H18N2O4/c1-3-4-5-13(14(16)19)17-15(20)11-6-8-12(9-7-11)21-10(2)18/h3,6-9,13H,1,4-5H2,2H3,(H2,16,19)(H,17,20)/t13-/m1/s1. The first-order valence-electron chi connectivity index (χ1n) is 6.43. The normalized spacial score (nSPS) is 11.3. The molecule has 0 aliphatic carbocycles. The number of esters is 1. The summed E-state index contributed by atoms with van der Waals surface area (Å²) in [4.78, 5) is 34.1. The molecule has 0 radical (unpaired) electrons. The molecule has 1 rings (SSSR count). The van der Waals surface area contributed by atoms with Crippen LogP contribution >= 0.6 is 0 Å². The van der Waals surface area contributed by atoms with Crippen molar-refractivity contribution >= 4 is 17.8 Å². The second-order valence-electron chi connectivity index (χ2n) is 4.41. The molecule has 0 unspecified atom stereocenters. The van der Waals surface area contributed by atoms with Gasteiger partial charge in [-0.1, -0.05) is 6.08 Å². The minimum absolute atomic E-state index is 0.343. The molecule has 0 saturated carbocycles. The van der Waals surface area contributed by atoms with Gasteiger partial charge in [0.05, 0.1) is 0 Å². The molecule has 1 aromatic carbocycles. The number of carbonyl (C=O) groups is 3. The third-order valence-corrected chi connectivity index (χ3v) is 2.69. The topological polar surface area (TPSA) is 98.5 Å². The molecule has 0 aliphatic heterocycles. The summed E-state index contributed by atoms with van der Waals surface area (Å²) in [5, 5.41) is 2.56. The fraction of sp³-hybridized carbons (Fsp3) is 0.267. The number of hydrogen-bond donors (Lipinski definition) is 2. The number of primary amides is 1. The smallest absolute Gasteiger partial charge is 0.308 e. The van der Waals surface area contributed by atoms with Gasteiger partial charge in [-0.15, -0.1) is 6.58 Å². The maximum absolute atomic E-state index is 12.0. The summed E-state index contributed by atoms with van der Waals surface area (Å²) in [7, 11) is 0. The highest BCUT2D eigenvalue weighted by molar-refractivity contribution is 5.97. The Labute approximate surface area is 123 Å². The van der Waals surface area contributed by atoms with Crippen molar-refractivity contribution in [3.05, 3.63) is 42.5 Å². The summed E-state index contributed by atoms with van der Waals surface area (Å²) in [5.41, 5.74) is 5.58. The number of hydrogen-bond acceptors (Lipinski definition) is 4. The van der Waals surface area contributed by atoms with Gasteiger partial charge in [0.2, 0.25) is 5.91 Å². The zero-order chi connectivity index (χ0) is 15.8. The summed E-state index contributed by atoms with van der Waals surface area (Å²) in [5.74, 6) is -1.11. The number of benzene rings is 1. The average molecular weight is 290 g/mol. The van der Waals surface area contributed by atoms with Gasteiger partial charge in [0, 0.05) is 12.5 Å². The highest BCUT2D eigenvalue weighted by Gasteiger charge is 2.18. The lowest BCUT2D eigenvalue weighted by atomic mass is 10.1. The van der Waals surface area contributed by atoms with Gasteiger partial charge in [0.15, 0.2) is 0 Å². The number of carbonyl (C=O) groups excluding carboxylic acids is 3. The van der Waals surface area contributed by atoms with Crippen LogP contribution in [0, 0.1) is 0 Å². The van der Waals surface area contributed by atoms with Gasteiger partial charge in [0.1, 0.15) is 11.8 Å². The van der Waals surface area contributed by atoms with E-state index in [-0.39, 0.29) is 0 Å². The van der Waals surface area contributed by atoms with Crippen molar-refractivity contribution in [3.63, 3.8) is 0 Å². The van der Waals surface area contributed by atoms with E-state index in [4.69, 9.17) is 10.5 Å². The van der Waals surface area contributed by atoms with Crippen LogP contribution in [0.15, 0.2) is 36.9 Å². The Hall–Kier alpha value is -2.63. The molecule has 0 saturated heterocycles. The molecule has 1 aromatic rings. The lowest BCUT2D eigenvalue weighted by molar-refractivity contribution is -0.131. The summed E-state index contributed by atoms with van der Waals surface area (Å²) in [6.45, 7) is 4.85. The van der Waals surface area contributed by atoms with E-state index in [1.807, 2.05) is 0 Å². The molecule has 6 heteroatoms. The van der Waals surface area contributed by atoms with Crippen LogP contribution in [0.1, 0.15) is 30.1 Å². The molecule has 2 amide bonds. The van der Waals surface area contributed by atoms with Gasteiger partial charge in [-0.2, -0.15) is 0 Å². The Morgan fingerprint density at radius 3 is 2.43 bits per heavy atom. The molecule has 0 bridgehead atoms. The second-order valence-corrected chi connectivity index (χ2v) is 4.41. The van der Waals surface area contributed by atoms with E-state index in [1.54, 1.807) is 6.08 Å². The van der Waals surface area contributed by atoms with Crippen LogP contribution in [0.4, 0.5) is 0 Å². The second kappa shape index (κ2) is 7.84. The molecule has 1 atom stereocenters. The molecule has 112 valence electrons. The average Bonchev–Trinajstić information content (AvgIpc) is 2.43. The van der Waals surface area contributed by atoms with E-state index >= 15 is 0 Å². The number of amides is 2. The maximum Gasteiger partial charge on any atom is 0.308 e. The van der Waals surface area contributed by atoms with Crippen molar-refractivity contribution < 1.29 is 19.1 Å². The molecule has 0 spiro atoms. The van der Waals surface area contributed by atoms with Crippen LogP contribution in [0.3, 0.4) is 0 Å². The molecule has 0 fully saturated rings. The number of allylic oxidation sites excluding steroid dienone is 1. The third-order valence-electron chi connectivity index (χ3n) is 2.69. The summed E-state index contributed by atoms with van der Waals surface area (Å²) in [6, 6.07) is 5.25. The van der Waals surface area contributed by atoms with Gasteiger partial charge in [-0.05, 0) is 37.1 Å². The molecular formula is C15H18N2O4. The van der Waals surface area contributed by atoms with E-state index < -0.39 is 23.8 Å². The van der Waals surface area contributed by atoms with E-state index in [9.17, 15) is 14.4 Å². The van der Waals surface area contributed by atoms with Crippen LogP contribution in [0.25, 0.3) is 0 Å². The van der Waals surface area contributed by atoms with Crippen molar-refractivity contribution in [2.24, 2.45) is 5.73 Å². The Bertz CT molecular complexity index is 537. The minimum atomic E-state index is -0.747. The van der Waals surface area contributed by atoms with Crippen molar-refractivity contribution in [2.75, 3.05) is 0 Å². The molecule has 6 nitrogen and oxygen atoms in total. The molecule has 21 heavy (non-hydrogen) atoms. The fourth-order valence-electron chi connectivity index (χ4n) is 1.65. The lowest BCUT2D eigenvalue weighted by Crippen LogP contribution is -2.44. The van der Waals surface area contributed by atoms with Crippen LogP contribution < -0.4 is 15.8 Å². The fourth-order valence-corrected chi connectivity index (χ4v) is 1.65. The van der Waals surface area contributed by atoms with Crippen molar-refractivity contribution in [1.82, 2.24) is 5.32 Å². The molecule has 0 aromatic heterocycles. The Kier molecular flexibility index (Phi) is 6.13. The SMILES string of the molecule is C=CCC[C@@H](NC(=O)c1ccc(OC(C)=O)cc1)C(N)=O. The first-order chi connectivity index (χ1) is 9.93. The molecule has 0 heterocycles. The monoisotopic (exact) mass is 290 g/mol. The predicted molar refractivity (Wildman–Crippen MR) is 77.6 cm³/mol. The summed E-state index contributed by atoms with van der Waals surface area (Å²) < 4.78 is 4.87. The Balaban J connectivity index is 2.71. The van der Waals surface area contributed by atoms with Gasteiger partial charge in [-0.3, -0.25) is 14.4 Å². The lowest BCUT2D eigenvalue weighted by Gasteiger charge is -2.14. The van der Waals surface area contributed by atoms with Gasteiger partial charge in [-0.25, -0.2) is 0 Å². The highest BCUT2D eigenvalue weighted by Crippen LogP contribution is 2.12. The summed E-state index contributed by atoms with van der Waals surface area (Å²) >= 11 is 0. The zero-order valence-electron chi connectivity index (χ0n) is 11.8. The van der Waals surface area contributed by atoms with E-state index in [1.165, 1.54) is 31.2 Å². The van der Waals surface area contributed by atoms with Crippen molar-refractivity contribution in [1.29, 1.82) is 0 Å². The van der Waals surface area contributed by atoms with Crippen LogP contribution in [-0.4, -0.2) is 23.8 Å². The number of rotatable bonds is 7. The van der Waals surface area contributed by atoms with E-state index in [2.05, 4.69) is 11.9 Å². The quantitative estimate of drug-likeness (QED) is 0.447. The maximum atomic E-state index is 12.0. The van der Waals surface area contributed by atoms with Gasteiger partial charge < -0.3 is 15.8 Å². The Morgan fingerprint density at radius 2 is 1.95 bits per heavy atom. The molecule has 0 aliphatic rings. The van der Waals surface area contributed by atoms with E-state index in [0.717, 1.165) is 0 Å². The summed E-state index contributed by atoms with van der Waals surface area (Å²) in [6.07, 6.45) is 2.62. The first-order valence-corrected chi connectivity index (χ1v) is 6.43. The molecular weight excluding hydrogens is 272 g/mol. The van der Waals surface area contributed by atoms with Crippen LogP contribution in [-0.2, 0) is 9.59 Å². The van der Waals surface area contributed by atoms with Crippen molar-refractivity contribution in [3.8, 4) is 5.75 Å². The molecule has 3 N–H and O–H groups in total. The minimum Gasteiger partial charge on any atom is -0.427 e. The predicted octanol–water partition coefficient (Wildman–Crippen LogP) is 1.16. The van der Waals surface area contributed by atoms with Crippen LogP contribution in [0.2, 0.25) is 0 Å². The van der Waals surface area contributed by atoms with Gasteiger partial charge in [0.25, 0.3) is 5.91 Å². The van der Waals surface area contributed by atoms with Gasteiger partial charge >= 0.3 is 5.97 Å². The largest absolute Gasteiger partial charge is 0.427 e. The van der Waals surface area contributed by atoms with E-state index in [0.29, 0.717) is 24.2 Å². The first kappa shape index (κ1) is 16.4. The number of nitrogens with one attached hydrogen (secondary N) is 1. The number of ether oxygens (including phenoxy) is 1.